The molecule has 1 aliphatic carbocycles. The number of ether oxygens (including phenoxy) is 2. The number of benzene rings is 1. The molecule has 7 nitrogen and oxygen atoms in total. The molecule has 1 saturated carbocycles. The van der Waals surface area contributed by atoms with Gasteiger partial charge in [-0.2, -0.15) is 5.10 Å². The van der Waals surface area contributed by atoms with E-state index in [2.05, 4.69) is 21.5 Å². The number of fused-ring (bicyclic) bond motifs is 1. The van der Waals surface area contributed by atoms with Gasteiger partial charge in [0.2, 0.25) is 0 Å². The molecule has 1 aromatic carbocycles. The minimum atomic E-state index is 0.550. The highest BCUT2D eigenvalue weighted by atomic mass is 32.1. The van der Waals surface area contributed by atoms with Crippen molar-refractivity contribution >= 4 is 26.7 Å². The number of anilines is 1. The molecule has 166 valence electrons. The SMILES string of the molecule is COCCn1cc(-c2cc(Oc3ccc4nc(NC5CCCCC5)sc4c3)ccn2)cn1. The predicted octanol–water partition coefficient (Wildman–Crippen LogP) is 5.74. The zero-order valence-electron chi connectivity index (χ0n) is 18.2. The summed E-state index contributed by atoms with van der Waals surface area (Å²) in [5.41, 5.74) is 2.77. The Bertz CT molecular complexity index is 1180. The van der Waals surface area contributed by atoms with Crippen molar-refractivity contribution < 1.29 is 9.47 Å². The zero-order chi connectivity index (χ0) is 21.8. The quantitative estimate of drug-likeness (QED) is 0.370. The van der Waals surface area contributed by atoms with E-state index in [0.29, 0.717) is 19.2 Å². The summed E-state index contributed by atoms with van der Waals surface area (Å²) >= 11 is 1.69. The summed E-state index contributed by atoms with van der Waals surface area (Å²) < 4.78 is 14.2. The molecule has 1 N–H and O–H groups in total. The minimum absolute atomic E-state index is 0.550. The van der Waals surface area contributed by atoms with E-state index in [-0.39, 0.29) is 0 Å². The first-order valence-electron chi connectivity index (χ1n) is 11.1. The lowest BCUT2D eigenvalue weighted by Crippen LogP contribution is -2.21. The van der Waals surface area contributed by atoms with Gasteiger partial charge >= 0.3 is 0 Å². The van der Waals surface area contributed by atoms with Crippen molar-refractivity contribution in [2.75, 3.05) is 19.0 Å². The third-order valence-corrected chi connectivity index (χ3v) is 6.66. The molecule has 0 amide bonds. The van der Waals surface area contributed by atoms with Gasteiger partial charge in [-0.15, -0.1) is 0 Å². The highest BCUT2D eigenvalue weighted by molar-refractivity contribution is 7.22. The molecule has 4 aromatic rings. The molecule has 3 heterocycles. The van der Waals surface area contributed by atoms with Gasteiger partial charge in [0.1, 0.15) is 11.5 Å². The van der Waals surface area contributed by atoms with Crippen LogP contribution in [0.5, 0.6) is 11.5 Å². The Morgan fingerprint density at radius 3 is 2.88 bits per heavy atom. The van der Waals surface area contributed by atoms with Gasteiger partial charge in [0.15, 0.2) is 5.13 Å². The van der Waals surface area contributed by atoms with Crippen molar-refractivity contribution in [1.29, 1.82) is 0 Å². The number of thiazole rings is 1. The molecule has 32 heavy (non-hydrogen) atoms. The van der Waals surface area contributed by atoms with Crippen LogP contribution in [0.15, 0.2) is 48.9 Å². The van der Waals surface area contributed by atoms with Crippen molar-refractivity contribution in [3.8, 4) is 22.8 Å². The minimum Gasteiger partial charge on any atom is -0.457 e. The fourth-order valence-corrected chi connectivity index (χ4v) is 4.99. The Kier molecular flexibility index (Phi) is 6.31. The van der Waals surface area contributed by atoms with Gasteiger partial charge in [-0.05, 0) is 31.0 Å². The van der Waals surface area contributed by atoms with E-state index in [4.69, 9.17) is 14.5 Å². The van der Waals surface area contributed by atoms with Crippen LogP contribution in [0, 0.1) is 0 Å². The molecule has 3 aromatic heterocycles. The van der Waals surface area contributed by atoms with E-state index in [1.54, 1.807) is 24.6 Å². The molecule has 1 aliphatic rings. The highest BCUT2D eigenvalue weighted by Gasteiger charge is 2.15. The Labute approximate surface area is 191 Å². The molecule has 0 aliphatic heterocycles. The molecule has 5 rings (SSSR count). The molecule has 0 radical (unpaired) electrons. The van der Waals surface area contributed by atoms with Crippen LogP contribution in [-0.2, 0) is 11.3 Å². The molecule has 0 atom stereocenters. The van der Waals surface area contributed by atoms with Gasteiger partial charge in [-0.25, -0.2) is 4.98 Å². The first kappa shape index (κ1) is 20.9. The molecular formula is C24H27N5O2S. The summed E-state index contributed by atoms with van der Waals surface area (Å²) in [5, 5.41) is 8.99. The van der Waals surface area contributed by atoms with Crippen LogP contribution in [0.3, 0.4) is 0 Å². The van der Waals surface area contributed by atoms with Gasteiger partial charge in [-0.1, -0.05) is 30.6 Å². The summed E-state index contributed by atoms with van der Waals surface area (Å²) in [6, 6.07) is 10.4. The average Bonchev–Trinajstić information content (AvgIpc) is 3.45. The van der Waals surface area contributed by atoms with E-state index in [1.165, 1.54) is 32.1 Å². The standard InChI is InChI=1S/C24H27N5O2S/c1-30-12-11-29-16-17(15-26-29)22-13-20(9-10-25-22)31-19-7-8-21-23(14-19)32-24(28-21)27-18-5-3-2-4-6-18/h7-10,13-16,18H,2-6,11-12H2,1H3,(H,27,28). The lowest BCUT2D eigenvalue weighted by atomic mass is 9.96. The van der Waals surface area contributed by atoms with Crippen molar-refractivity contribution in [1.82, 2.24) is 19.7 Å². The van der Waals surface area contributed by atoms with E-state index < -0.39 is 0 Å². The van der Waals surface area contributed by atoms with Crippen LogP contribution in [0.2, 0.25) is 0 Å². The van der Waals surface area contributed by atoms with Crippen molar-refractivity contribution in [2.45, 2.75) is 44.7 Å². The Balaban J connectivity index is 1.29. The molecule has 0 unspecified atom stereocenters. The maximum atomic E-state index is 6.15. The van der Waals surface area contributed by atoms with Gasteiger partial charge in [0.25, 0.3) is 0 Å². The van der Waals surface area contributed by atoms with Crippen LogP contribution < -0.4 is 10.1 Å². The first-order valence-corrected chi connectivity index (χ1v) is 11.9. The lowest BCUT2D eigenvalue weighted by Gasteiger charge is -2.22. The van der Waals surface area contributed by atoms with Gasteiger partial charge < -0.3 is 14.8 Å². The summed E-state index contributed by atoms with van der Waals surface area (Å²) in [5.74, 6) is 1.53. The zero-order valence-corrected chi connectivity index (χ0v) is 19.0. The van der Waals surface area contributed by atoms with Gasteiger partial charge in [-0.3, -0.25) is 9.67 Å². The van der Waals surface area contributed by atoms with Crippen molar-refractivity contribution in [2.24, 2.45) is 0 Å². The molecule has 0 saturated heterocycles. The second-order valence-electron chi connectivity index (χ2n) is 8.09. The second kappa shape index (κ2) is 9.67. The number of hydrogen-bond donors (Lipinski definition) is 1. The summed E-state index contributed by atoms with van der Waals surface area (Å²) in [4.78, 5) is 9.23. The number of aromatic nitrogens is 4. The molecule has 8 heteroatoms. The van der Waals surface area contributed by atoms with E-state index in [9.17, 15) is 0 Å². The van der Waals surface area contributed by atoms with Crippen molar-refractivity contribution in [3.05, 3.63) is 48.9 Å². The molecule has 0 spiro atoms. The monoisotopic (exact) mass is 449 g/mol. The third-order valence-electron chi connectivity index (χ3n) is 5.71. The predicted molar refractivity (Wildman–Crippen MR) is 128 cm³/mol. The van der Waals surface area contributed by atoms with Crippen LogP contribution in [0.4, 0.5) is 5.13 Å². The Morgan fingerprint density at radius 2 is 2.00 bits per heavy atom. The second-order valence-corrected chi connectivity index (χ2v) is 9.12. The number of nitrogens with zero attached hydrogens (tertiary/aromatic N) is 4. The number of methoxy groups -OCH3 is 1. The summed E-state index contributed by atoms with van der Waals surface area (Å²) in [6.45, 7) is 1.33. The molecular weight excluding hydrogens is 422 g/mol. The topological polar surface area (TPSA) is 74.1 Å². The number of nitrogens with one attached hydrogen (secondary N) is 1. The van der Waals surface area contributed by atoms with Crippen LogP contribution in [0.1, 0.15) is 32.1 Å². The smallest absolute Gasteiger partial charge is 0.184 e. The molecule has 0 bridgehead atoms. The van der Waals surface area contributed by atoms with Crippen molar-refractivity contribution in [3.63, 3.8) is 0 Å². The number of hydrogen-bond acceptors (Lipinski definition) is 7. The van der Waals surface area contributed by atoms with Gasteiger partial charge in [0, 0.05) is 43.2 Å². The third kappa shape index (κ3) is 4.92. The van der Waals surface area contributed by atoms with Crippen LogP contribution in [-0.4, -0.2) is 39.5 Å². The summed E-state index contributed by atoms with van der Waals surface area (Å²) in [6.07, 6.45) is 12.0. The number of rotatable bonds is 8. The van der Waals surface area contributed by atoms with Gasteiger partial charge in [0.05, 0.1) is 35.3 Å². The Hall–Kier alpha value is -2.97. The van der Waals surface area contributed by atoms with Crippen LogP contribution >= 0.6 is 11.3 Å². The molecule has 1 fully saturated rings. The van der Waals surface area contributed by atoms with E-state index in [0.717, 1.165) is 38.1 Å². The maximum Gasteiger partial charge on any atom is 0.184 e. The average molecular weight is 450 g/mol. The van der Waals surface area contributed by atoms with Crippen LogP contribution in [0.25, 0.3) is 21.5 Å². The lowest BCUT2D eigenvalue weighted by molar-refractivity contribution is 0.183. The largest absolute Gasteiger partial charge is 0.457 e. The fraction of sp³-hybridized carbons (Fsp3) is 0.375. The van der Waals surface area contributed by atoms with E-state index in [1.807, 2.05) is 41.3 Å². The first-order chi connectivity index (χ1) is 15.8. The Morgan fingerprint density at radius 1 is 1.12 bits per heavy atom. The number of pyridine rings is 1. The van der Waals surface area contributed by atoms with E-state index >= 15 is 0 Å². The maximum absolute atomic E-state index is 6.15. The summed E-state index contributed by atoms with van der Waals surface area (Å²) in [7, 11) is 1.68. The highest BCUT2D eigenvalue weighted by Crippen LogP contribution is 2.33. The normalized spacial score (nSPS) is 14.7. The fourth-order valence-electron chi connectivity index (χ4n) is 4.02.